The molecule has 0 saturated carbocycles. The number of imide groups is 1. The molecule has 0 spiro atoms. The molecule has 5 rings (SSSR count). The normalized spacial score (nSPS) is 25.0. The molecule has 1 saturated heterocycles. The van der Waals surface area contributed by atoms with Crippen LogP contribution in [0.3, 0.4) is 0 Å². The Bertz CT molecular complexity index is 1060. The van der Waals surface area contributed by atoms with E-state index in [1.165, 1.54) is 17.0 Å². The predicted molar refractivity (Wildman–Crippen MR) is 116 cm³/mol. The molecule has 3 nitrogen and oxygen atoms in total. The van der Waals surface area contributed by atoms with Gasteiger partial charge < -0.3 is 0 Å². The van der Waals surface area contributed by atoms with Crippen molar-refractivity contribution in [2.45, 2.75) is 18.4 Å². The minimum absolute atomic E-state index is 0.152. The molecule has 2 aliphatic rings. The summed E-state index contributed by atoms with van der Waals surface area (Å²) in [6, 6.07) is 25.7. The maximum atomic E-state index is 13.6. The van der Waals surface area contributed by atoms with Crippen molar-refractivity contribution in [2.75, 3.05) is 0 Å². The zero-order chi connectivity index (χ0) is 21.4. The van der Waals surface area contributed by atoms with Gasteiger partial charge in [0.05, 0.1) is 18.4 Å². The fraction of sp³-hybridized carbons (Fsp3) is 0.185. The highest BCUT2D eigenvalue weighted by atomic mass is 19.1. The third kappa shape index (κ3) is 3.48. The van der Waals surface area contributed by atoms with E-state index in [9.17, 15) is 14.0 Å². The highest BCUT2D eigenvalue weighted by Crippen LogP contribution is 2.49. The fourth-order valence-electron chi connectivity index (χ4n) is 4.92. The Morgan fingerprint density at radius 1 is 0.645 bits per heavy atom. The molecular formula is C27H22FNO2. The number of hydrogen-bond donors (Lipinski definition) is 0. The molecule has 1 aliphatic heterocycles. The Morgan fingerprint density at radius 3 is 1.55 bits per heavy atom. The first-order valence-electron chi connectivity index (χ1n) is 10.5. The summed E-state index contributed by atoms with van der Waals surface area (Å²) in [5, 5.41) is 0. The summed E-state index contributed by atoms with van der Waals surface area (Å²) in [5.41, 5.74) is 2.80. The topological polar surface area (TPSA) is 37.4 Å². The summed E-state index contributed by atoms with van der Waals surface area (Å²) in [6.07, 6.45) is 4.17. The molecule has 1 heterocycles. The first-order chi connectivity index (χ1) is 15.1. The number of rotatable bonds is 4. The van der Waals surface area contributed by atoms with Crippen LogP contribution in [0.5, 0.6) is 0 Å². The standard InChI is InChI=1S/C27H22FNO2/c28-21-13-11-18(12-14-21)17-29-26(30)24-22(19-7-3-1-4-8-19)15-16-23(25(24)27(29)31)20-9-5-2-6-10-20/h1-16,22-25H,17H2/t22-,23-,24-,25-/m1/s1. The van der Waals surface area contributed by atoms with Gasteiger partial charge in [-0.25, -0.2) is 4.39 Å². The molecule has 4 heteroatoms. The lowest BCUT2D eigenvalue weighted by atomic mass is 9.68. The Hall–Kier alpha value is -3.53. The number of allylic oxidation sites excluding steroid dienone is 2. The van der Waals surface area contributed by atoms with E-state index in [1.54, 1.807) is 12.1 Å². The van der Waals surface area contributed by atoms with Crippen molar-refractivity contribution in [3.63, 3.8) is 0 Å². The molecule has 1 fully saturated rings. The van der Waals surface area contributed by atoms with E-state index in [0.29, 0.717) is 0 Å². The molecule has 3 aromatic carbocycles. The van der Waals surface area contributed by atoms with Gasteiger partial charge in [0.25, 0.3) is 0 Å². The number of carbonyl (C=O) groups is 2. The van der Waals surface area contributed by atoms with Crippen molar-refractivity contribution in [3.05, 3.63) is 120 Å². The smallest absolute Gasteiger partial charge is 0.234 e. The number of halogens is 1. The van der Waals surface area contributed by atoms with E-state index < -0.39 is 11.8 Å². The van der Waals surface area contributed by atoms with Crippen molar-refractivity contribution in [1.29, 1.82) is 0 Å². The van der Waals surface area contributed by atoms with Crippen LogP contribution in [-0.4, -0.2) is 16.7 Å². The van der Waals surface area contributed by atoms with Crippen LogP contribution in [0.1, 0.15) is 28.5 Å². The zero-order valence-electron chi connectivity index (χ0n) is 16.9. The number of fused-ring (bicyclic) bond motifs is 1. The van der Waals surface area contributed by atoms with Crippen LogP contribution in [0.2, 0.25) is 0 Å². The van der Waals surface area contributed by atoms with Crippen LogP contribution < -0.4 is 0 Å². The summed E-state index contributed by atoms with van der Waals surface area (Å²) in [5.74, 6) is -1.86. The van der Waals surface area contributed by atoms with E-state index in [4.69, 9.17) is 0 Å². The molecule has 0 N–H and O–H groups in total. The van der Waals surface area contributed by atoms with Crippen LogP contribution in [0.25, 0.3) is 0 Å². The summed E-state index contributed by atoms with van der Waals surface area (Å²) in [7, 11) is 0. The quantitative estimate of drug-likeness (QED) is 0.444. The van der Waals surface area contributed by atoms with Crippen molar-refractivity contribution < 1.29 is 14.0 Å². The van der Waals surface area contributed by atoms with Gasteiger partial charge in [0.1, 0.15) is 5.82 Å². The molecule has 0 unspecified atom stereocenters. The van der Waals surface area contributed by atoms with Gasteiger partial charge in [0.15, 0.2) is 0 Å². The fourth-order valence-corrected chi connectivity index (χ4v) is 4.92. The minimum Gasteiger partial charge on any atom is -0.278 e. The van der Waals surface area contributed by atoms with Gasteiger partial charge in [-0.05, 0) is 28.8 Å². The Labute approximate surface area is 180 Å². The summed E-state index contributed by atoms with van der Waals surface area (Å²) < 4.78 is 13.3. The van der Waals surface area contributed by atoms with Gasteiger partial charge >= 0.3 is 0 Å². The summed E-state index contributed by atoms with van der Waals surface area (Å²) in [6.45, 7) is 0.161. The summed E-state index contributed by atoms with van der Waals surface area (Å²) >= 11 is 0. The van der Waals surface area contributed by atoms with Gasteiger partial charge in [-0.15, -0.1) is 0 Å². The first-order valence-corrected chi connectivity index (χ1v) is 10.5. The zero-order valence-corrected chi connectivity index (χ0v) is 16.9. The number of likely N-dealkylation sites (tertiary alicyclic amines) is 1. The van der Waals surface area contributed by atoms with Gasteiger partial charge in [-0.2, -0.15) is 0 Å². The average Bonchev–Trinajstić information content (AvgIpc) is 3.06. The van der Waals surface area contributed by atoms with Crippen LogP contribution >= 0.6 is 0 Å². The lowest BCUT2D eigenvalue weighted by Gasteiger charge is -2.32. The monoisotopic (exact) mass is 411 g/mol. The SMILES string of the molecule is O=C1[C@H]2[C@H](C(=O)N1Cc1ccc(F)cc1)[C@@H](c1ccccc1)C=C[C@@H]2c1ccccc1. The van der Waals surface area contributed by atoms with Gasteiger partial charge in [0, 0.05) is 11.8 Å². The van der Waals surface area contributed by atoms with E-state index in [-0.39, 0.29) is 36.0 Å². The second kappa shape index (κ2) is 7.95. The van der Waals surface area contributed by atoms with Crippen molar-refractivity contribution in [3.8, 4) is 0 Å². The van der Waals surface area contributed by atoms with E-state index in [0.717, 1.165) is 16.7 Å². The lowest BCUT2D eigenvalue weighted by Crippen LogP contribution is -2.31. The number of benzene rings is 3. The van der Waals surface area contributed by atoms with Gasteiger partial charge in [-0.3, -0.25) is 14.5 Å². The number of carbonyl (C=O) groups excluding carboxylic acids is 2. The number of nitrogens with zero attached hydrogens (tertiary/aromatic N) is 1. The van der Waals surface area contributed by atoms with E-state index in [1.807, 2.05) is 60.7 Å². The Balaban J connectivity index is 1.55. The lowest BCUT2D eigenvalue weighted by molar-refractivity contribution is -0.140. The van der Waals surface area contributed by atoms with Crippen LogP contribution in [-0.2, 0) is 16.1 Å². The largest absolute Gasteiger partial charge is 0.278 e. The molecule has 1 aliphatic carbocycles. The Kier molecular flexibility index (Phi) is 4.99. The molecule has 0 bridgehead atoms. The third-order valence-corrected chi connectivity index (χ3v) is 6.41. The average molecular weight is 411 g/mol. The van der Waals surface area contributed by atoms with Gasteiger partial charge in [-0.1, -0.05) is 84.9 Å². The van der Waals surface area contributed by atoms with Gasteiger partial charge in [0.2, 0.25) is 11.8 Å². The second-order valence-electron chi connectivity index (χ2n) is 8.20. The van der Waals surface area contributed by atoms with Crippen molar-refractivity contribution >= 4 is 11.8 Å². The molecule has 0 radical (unpaired) electrons. The molecule has 3 aromatic rings. The molecule has 154 valence electrons. The highest BCUT2D eigenvalue weighted by Gasteiger charge is 2.54. The summed E-state index contributed by atoms with van der Waals surface area (Å²) in [4.78, 5) is 28.5. The highest BCUT2D eigenvalue weighted by molar-refractivity contribution is 6.06. The third-order valence-electron chi connectivity index (χ3n) is 6.41. The predicted octanol–water partition coefficient (Wildman–Crippen LogP) is 5.06. The van der Waals surface area contributed by atoms with E-state index >= 15 is 0 Å². The molecule has 0 aromatic heterocycles. The van der Waals surface area contributed by atoms with E-state index in [2.05, 4.69) is 12.2 Å². The number of amides is 2. The van der Waals surface area contributed by atoms with Crippen LogP contribution in [0.4, 0.5) is 4.39 Å². The van der Waals surface area contributed by atoms with Crippen LogP contribution in [0, 0.1) is 17.7 Å². The van der Waals surface area contributed by atoms with Crippen molar-refractivity contribution in [2.24, 2.45) is 11.8 Å². The molecule has 2 amide bonds. The molecular weight excluding hydrogens is 389 g/mol. The maximum Gasteiger partial charge on any atom is 0.234 e. The van der Waals surface area contributed by atoms with Crippen LogP contribution in [0.15, 0.2) is 97.1 Å². The van der Waals surface area contributed by atoms with Crippen molar-refractivity contribution in [1.82, 2.24) is 4.90 Å². The molecule has 4 atom stereocenters. The second-order valence-corrected chi connectivity index (χ2v) is 8.20. The Morgan fingerprint density at radius 2 is 1.10 bits per heavy atom. The minimum atomic E-state index is -0.453. The number of hydrogen-bond acceptors (Lipinski definition) is 2. The maximum absolute atomic E-state index is 13.6. The first kappa shape index (κ1) is 19.4. The molecule has 31 heavy (non-hydrogen) atoms.